The van der Waals surface area contributed by atoms with Gasteiger partial charge in [0.05, 0.1) is 11.8 Å². The molecule has 17 heavy (non-hydrogen) atoms. The summed E-state index contributed by atoms with van der Waals surface area (Å²) >= 11 is 0. The number of hydrogen-bond acceptors (Lipinski definition) is 2. The van der Waals surface area contributed by atoms with E-state index in [1.807, 2.05) is 0 Å². The molecule has 0 aliphatic rings. The van der Waals surface area contributed by atoms with Gasteiger partial charge in [-0.2, -0.15) is 13.2 Å². The maximum Gasteiger partial charge on any atom is 0.390 e. The second-order valence-electron chi connectivity index (χ2n) is 4.55. The molecule has 0 aromatic carbocycles. The predicted octanol–water partition coefficient (Wildman–Crippen LogP) is 1.90. The van der Waals surface area contributed by atoms with Crippen LogP contribution in [-0.4, -0.2) is 41.7 Å². The average molecular weight is 255 g/mol. The number of carbonyl (C=O) groups is 2. The standard InChI is InChI=1S/C10H16F3NO3/c1-9(2,8(16)17)6-7(15)14(3)5-4-10(11,12)13/h4-6H2,1-3H3,(H,16,17). The maximum absolute atomic E-state index is 11.9. The van der Waals surface area contributed by atoms with Crippen molar-refractivity contribution in [2.45, 2.75) is 32.9 Å². The van der Waals surface area contributed by atoms with Crippen molar-refractivity contribution in [3.8, 4) is 0 Å². The zero-order valence-electron chi connectivity index (χ0n) is 9.97. The van der Waals surface area contributed by atoms with Crippen LogP contribution in [0.15, 0.2) is 0 Å². The van der Waals surface area contributed by atoms with E-state index in [4.69, 9.17) is 5.11 Å². The Bertz CT molecular complexity index is 300. The van der Waals surface area contributed by atoms with Crippen LogP contribution in [0, 0.1) is 5.41 Å². The number of aliphatic carboxylic acids is 1. The predicted molar refractivity (Wildman–Crippen MR) is 54.3 cm³/mol. The summed E-state index contributed by atoms with van der Waals surface area (Å²) < 4.78 is 35.7. The minimum atomic E-state index is -4.32. The summed E-state index contributed by atoms with van der Waals surface area (Å²) in [5.74, 6) is -1.77. The van der Waals surface area contributed by atoms with Gasteiger partial charge in [-0.1, -0.05) is 0 Å². The first kappa shape index (κ1) is 15.7. The molecule has 0 radical (unpaired) electrons. The molecular formula is C10H16F3NO3. The van der Waals surface area contributed by atoms with Crippen LogP contribution in [0.5, 0.6) is 0 Å². The summed E-state index contributed by atoms with van der Waals surface area (Å²) in [4.78, 5) is 23.1. The first-order chi connectivity index (χ1) is 7.46. The SMILES string of the molecule is CN(CCC(F)(F)F)C(=O)CC(C)(C)C(=O)O. The largest absolute Gasteiger partial charge is 0.481 e. The molecular weight excluding hydrogens is 239 g/mol. The number of carboxylic acid groups (broad SMARTS) is 1. The zero-order valence-corrected chi connectivity index (χ0v) is 9.97. The Hall–Kier alpha value is -1.27. The third-order valence-corrected chi connectivity index (χ3v) is 2.33. The van der Waals surface area contributed by atoms with Gasteiger partial charge in [0.25, 0.3) is 0 Å². The van der Waals surface area contributed by atoms with E-state index in [-0.39, 0.29) is 6.42 Å². The fraction of sp³-hybridized carbons (Fsp3) is 0.800. The van der Waals surface area contributed by atoms with Crippen LogP contribution in [-0.2, 0) is 9.59 Å². The van der Waals surface area contributed by atoms with E-state index in [2.05, 4.69) is 0 Å². The van der Waals surface area contributed by atoms with E-state index >= 15 is 0 Å². The fourth-order valence-corrected chi connectivity index (χ4v) is 1.01. The lowest BCUT2D eigenvalue weighted by molar-refractivity contribution is -0.153. The molecule has 0 unspecified atom stereocenters. The van der Waals surface area contributed by atoms with Crippen LogP contribution < -0.4 is 0 Å². The molecule has 7 heteroatoms. The summed E-state index contributed by atoms with van der Waals surface area (Å²) in [6.45, 7) is 2.24. The number of nitrogens with zero attached hydrogens (tertiary/aromatic N) is 1. The van der Waals surface area contributed by atoms with E-state index in [0.29, 0.717) is 0 Å². The molecule has 0 saturated carbocycles. The van der Waals surface area contributed by atoms with Gasteiger partial charge in [0, 0.05) is 20.0 Å². The maximum atomic E-state index is 11.9. The summed E-state index contributed by atoms with van der Waals surface area (Å²) in [6, 6.07) is 0. The third-order valence-electron chi connectivity index (χ3n) is 2.33. The molecule has 0 saturated heterocycles. The van der Waals surface area contributed by atoms with Crippen molar-refractivity contribution in [2.75, 3.05) is 13.6 Å². The van der Waals surface area contributed by atoms with E-state index < -0.39 is 36.4 Å². The lowest BCUT2D eigenvalue weighted by Gasteiger charge is -2.23. The molecule has 0 bridgehead atoms. The molecule has 1 amide bonds. The first-order valence-electron chi connectivity index (χ1n) is 5.00. The lowest BCUT2D eigenvalue weighted by Crippen LogP contribution is -2.36. The Kier molecular flexibility index (Phi) is 4.97. The Morgan fingerprint density at radius 2 is 1.71 bits per heavy atom. The smallest absolute Gasteiger partial charge is 0.390 e. The van der Waals surface area contributed by atoms with E-state index in [1.165, 1.54) is 20.9 Å². The number of carboxylic acids is 1. The molecule has 1 N–H and O–H groups in total. The zero-order chi connectivity index (χ0) is 13.9. The van der Waals surface area contributed by atoms with Crippen LogP contribution in [0.2, 0.25) is 0 Å². The van der Waals surface area contributed by atoms with Gasteiger partial charge >= 0.3 is 12.1 Å². The molecule has 0 spiro atoms. The highest BCUT2D eigenvalue weighted by molar-refractivity contribution is 5.84. The molecule has 0 aromatic heterocycles. The van der Waals surface area contributed by atoms with Crippen LogP contribution in [0.4, 0.5) is 13.2 Å². The molecule has 0 aliphatic heterocycles. The monoisotopic (exact) mass is 255 g/mol. The first-order valence-corrected chi connectivity index (χ1v) is 5.00. The molecule has 0 heterocycles. The molecule has 0 aliphatic carbocycles. The average Bonchev–Trinajstić information content (AvgIpc) is 2.11. The molecule has 0 atom stereocenters. The molecule has 100 valence electrons. The molecule has 4 nitrogen and oxygen atoms in total. The quantitative estimate of drug-likeness (QED) is 0.816. The Morgan fingerprint density at radius 3 is 2.06 bits per heavy atom. The van der Waals surface area contributed by atoms with Crippen molar-refractivity contribution in [3.63, 3.8) is 0 Å². The normalized spacial score (nSPS) is 12.4. The number of rotatable bonds is 5. The minimum Gasteiger partial charge on any atom is -0.481 e. The number of hydrogen-bond donors (Lipinski definition) is 1. The van der Waals surface area contributed by atoms with Crippen molar-refractivity contribution in [1.29, 1.82) is 0 Å². The molecule has 0 rings (SSSR count). The highest BCUT2D eigenvalue weighted by atomic mass is 19.4. The summed E-state index contributed by atoms with van der Waals surface area (Å²) in [5, 5.41) is 8.78. The number of amides is 1. The second-order valence-corrected chi connectivity index (χ2v) is 4.55. The fourth-order valence-electron chi connectivity index (χ4n) is 1.01. The van der Waals surface area contributed by atoms with Crippen molar-refractivity contribution in [1.82, 2.24) is 4.90 Å². The van der Waals surface area contributed by atoms with E-state index in [0.717, 1.165) is 4.90 Å². The van der Waals surface area contributed by atoms with Crippen LogP contribution in [0.25, 0.3) is 0 Å². The summed E-state index contributed by atoms with van der Waals surface area (Å²) in [5.41, 5.74) is -1.27. The topological polar surface area (TPSA) is 57.6 Å². The minimum absolute atomic E-state index is 0.323. The van der Waals surface area contributed by atoms with Crippen molar-refractivity contribution in [3.05, 3.63) is 0 Å². The Morgan fingerprint density at radius 1 is 1.24 bits per heavy atom. The van der Waals surface area contributed by atoms with Crippen molar-refractivity contribution >= 4 is 11.9 Å². The van der Waals surface area contributed by atoms with Crippen LogP contribution in [0.3, 0.4) is 0 Å². The van der Waals surface area contributed by atoms with Gasteiger partial charge in [-0.15, -0.1) is 0 Å². The molecule has 0 aromatic rings. The Balaban J connectivity index is 4.29. The van der Waals surface area contributed by atoms with Gasteiger partial charge in [-0.25, -0.2) is 0 Å². The summed E-state index contributed by atoms with van der Waals surface area (Å²) in [7, 11) is 1.23. The third kappa shape index (κ3) is 6.13. The summed E-state index contributed by atoms with van der Waals surface area (Å²) in [6.07, 6.45) is -5.74. The highest BCUT2D eigenvalue weighted by Gasteiger charge is 2.33. The number of halogens is 3. The Labute approximate surface area is 97.4 Å². The van der Waals surface area contributed by atoms with Gasteiger partial charge in [0.1, 0.15) is 0 Å². The second kappa shape index (κ2) is 5.37. The van der Waals surface area contributed by atoms with Gasteiger partial charge in [0.2, 0.25) is 5.91 Å². The van der Waals surface area contributed by atoms with E-state index in [9.17, 15) is 22.8 Å². The number of alkyl halides is 3. The van der Waals surface area contributed by atoms with Crippen molar-refractivity contribution in [2.24, 2.45) is 5.41 Å². The van der Waals surface area contributed by atoms with Gasteiger partial charge in [-0.3, -0.25) is 9.59 Å². The van der Waals surface area contributed by atoms with Crippen LogP contribution >= 0.6 is 0 Å². The van der Waals surface area contributed by atoms with Gasteiger partial charge in [-0.05, 0) is 13.8 Å². The van der Waals surface area contributed by atoms with Gasteiger partial charge in [0.15, 0.2) is 0 Å². The van der Waals surface area contributed by atoms with Crippen LogP contribution in [0.1, 0.15) is 26.7 Å². The van der Waals surface area contributed by atoms with E-state index in [1.54, 1.807) is 0 Å². The number of carbonyl (C=O) groups excluding carboxylic acids is 1. The van der Waals surface area contributed by atoms with Crippen molar-refractivity contribution < 1.29 is 27.9 Å². The highest BCUT2D eigenvalue weighted by Crippen LogP contribution is 2.23. The lowest BCUT2D eigenvalue weighted by atomic mass is 9.89. The van der Waals surface area contributed by atoms with Gasteiger partial charge < -0.3 is 10.0 Å². The molecule has 0 fully saturated rings.